The maximum Gasteiger partial charge on any atom is 0.229 e. The fourth-order valence-corrected chi connectivity index (χ4v) is 5.31. The number of amides is 1. The highest BCUT2D eigenvalue weighted by atomic mass is 16.5. The number of piperidine rings is 1. The van der Waals surface area contributed by atoms with E-state index in [9.17, 15) is 4.79 Å². The minimum atomic E-state index is -0.0272. The van der Waals surface area contributed by atoms with Crippen molar-refractivity contribution in [1.29, 1.82) is 0 Å². The predicted octanol–water partition coefficient (Wildman–Crippen LogP) is 3.05. The van der Waals surface area contributed by atoms with Crippen LogP contribution in [-0.4, -0.2) is 60.5 Å². The molecule has 0 unspecified atom stereocenters. The fourth-order valence-electron chi connectivity index (χ4n) is 5.31. The molecule has 0 N–H and O–H groups in total. The predicted molar refractivity (Wildman–Crippen MR) is 105 cm³/mol. The lowest BCUT2D eigenvalue weighted by molar-refractivity contribution is -0.140. The van der Waals surface area contributed by atoms with Gasteiger partial charge in [0.2, 0.25) is 11.8 Å². The third kappa shape index (κ3) is 4.22. The van der Waals surface area contributed by atoms with Crippen LogP contribution in [0.5, 0.6) is 0 Å². The zero-order valence-electron chi connectivity index (χ0n) is 17.3. The maximum atomic E-state index is 13.0. The van der Waals surface area contributed by atoms with Crippen LogP contribution in [-0.2, 0) is 19.7 Å². The Balaban J connectivity index is 1.28. The van der Waals surface area contributed by atoms with Gasteiger partial charge in [0.15, 0.2) is 5.82 Å². The smallest absolute Gasteiger partial charge is 0.229 e. The molecule has 1 aromatic heterocycles. The lowest BCUT2D eigenvalue weighted by atomic mass is 9.73. The largest absolute Gasteiger partial charge is 0.381 e. The van der Waals surface area contributed by atoms with Gasteiger partial charge in [-0.05, 0) is 50.9 Å². The molecule has 4 fully saturated rings. The van der Waals surface area contributed by atoms with E-state index in [4.69, 9.17) is 19.0 Å². The lowest BCUT2D eigenvalue weighted by Gasteiger charge is -2.41. The maximum absolute atomic E-state index is 13.0. The Kier molecular flexibility index (Phi) is 5.61. The Morgan fingerprint density at radius 3 is 2.28 bits per heavy atom. The van der Waals surface area contributed by atoms with Crippen LogP contribution in [0.2, 0.25) is 0 Å². The zero-order chi connectivity index (χ0) is 19.7. The molecule has 7 heteroatoms. The molecule has 0 aromatic carbocycles. The van der Waals surface area contributed by atoms with Gasteiger partial charge in [0.25, 0.3) is 0 Å². The van der Waals surface area contributed by atoms with Gasteiger partial charge in [-0.2, -0.15) is 4.98 Å². The van der Waals surface area contributed by atoms with Crippen LogP contribution in [0.15, 0.2) is 4.52 Å². The molecule has 7 nitrogen and oxygen atoms in total. The van der Waals surface area contributed by atoms with E-state index in [0.29, 0.717) is 25.0 Å². The van der Waals surface area contributed by atoms with Gasteiger partial charge in [0.05, 0.1) is 0 Å². The molecule has 1 aromatic rings. The minimum absolute atomic E-state index is 0.0272. The Labute approximate surface area is 172 Å². The van der Waals surface area contributed by atoms with E-state index < -0.39 is 0 Å². The van der Waals surface area contributed by atoms with Gasteiger partial charge in [-0.1, -0.05) is 18.0 Å². The molecule has 1 aliphatic carbocycles. The molecule has 4 aliphatic rings. The van der Waals surface area contributed by atoms with Crippen LogP contribution in [0.1, 0.15) is 75.4 Å². The first-order valence-corrected chi connectivity index (χ1v) is 11.5. The van der Waals surface area contributed by atoms with Crippen molar-refractivity contribution in [3.63, 3.8) is 0 Å². The van der Waals surface area contributed by atoms with E-state index in [2.05, 4.69) is 10.1 Å². The van der Waals surface area contributed by atoms with Gasteiger partial charge in [0, 0.05) is 56.8 Å². The topological polar surface area (TPSA) is 77.7 Å². The molecule has 5 rings (SSSR count). The lowest BCUT2D eigenvalue weighted by Crippen LogP contribution is -2.48. The number of likely N-dealkylation sites (tertiary alicyclic amines) is 1. The molecule has 29 heavy (non-hydrogen) atoms. The van der Waals surface area contributed by atoms with Crippen molar-refractivity contribution < 1.29 is 18.8 Å². The summed E-state index contributed by atoms with van der Waals surface area (Å²) >= 11 is 0. The molecule has 1 amide bonds. The zero-order valence-corrected chi connectivity index (χ0v) is 17.3. The third-order valence-electron chi connectivity index (χ3n) is 7.47. The molecular formula is C22H33N3O4. The van der Waals surface area contributed by atoms with Crippen molar-refractivity contribution in [2.45, 2.75) is 69.1 Å². The molecule has 1 saturated carbocycles. The molecular weight excluding hydrogens is 370 g/mol. The SMILES string of the molecule is O=C(C1CCOCC1)N1CCC(CC2CC2)(c2noc(C3CCOCC3)n2)CC1. The van der Waals surface area contributed by atoms with Crippen LogP contribution in [0.4, 0.5) is 0 Å². The summed E-state index contributed by atoms with van der Waals surface area (Å²) in [7, 11) is 0. The Morgan fingerprint density at radius 1 is 0.966 bits per heavy atom. The van der Waals surface area contributed by atoms with Crippen LogP contribution in [0.3, 0.4) is 0 Å². The molecule has 0 atom stereocenters. The summed E-state index contributed by atoms with van der Waals surface area (Å²) in [6, 6.07) is 0. The number of carbonyl (C=O) groups is 1. The van der Waals surface area contributed by atoms with Crippen molar-refractivity contribution in [2.24, 2.45) is 11.8 Å². The summed E-state index contributed by atoms with van der Waals surface area (Å²) in [6.07, 6.45) is 9.32. The summed E-state index contributed by atoms with van der Waals surface area (Å²) in [5, 5.41) is 4.48. The number of aromatic nitrogens is 2. The van der Waals surface area contributed by atoms with Crippen molar-refractivity contribution in [3.05, 3.63) is 11.7 Å². The number of carbonyl (C=O) groups excluding carboxylic acids is 1. The number of ether oxygens (including phenoxy) is 2. The molecule has 160 valence electrons. The van der Waals surface area contributed by atoms with E-state index in [1.165, 1.54) is 12.8 Å². The quantitative estimate of drug-likeness (QED) is 0.752. The summed E-state index contributed by atoms with van der Waals surface area (Å²) in [4.78, 5) is 20.0. The van der Waals surface area contributed by atoms with Crippen LogP contribution in [0.25, 0.3) is 0 Å². The molecule has 0 radical (unpaired) electrons. The Morgan fingerprint density at radius 2 is 1.62 bits per heavy atom. The average molecular weight is 404 g/mol. The number of hydrogen-bond donors (Lipinski definition) is 0. The van der Waals surface area contributed by atoms with E-state index in [-0.39, 0.29) is 11.3 Å². The summed E-state index contributed by atoms with van der Waals surface area (Å²) < 4.78 is 16.6. The molecule has 3 saturated heterocycles. The van der Waals surface area contributed by atoms with E-state index in [1.54, 1.807) is 0 Å². The summed E-state index contributed by atoms with van der Waals surface area (Å²) in [5.74, 6) is 3.27. The average Bonchev–Trinajstić information content (AvgIpc) is 3.45. The van der Waals surface area contributed by atoms with Gasteiger partial charge in [0.1, 0.15) is 0 Å². The van der Waals surface area contributed by atoms with E-state index in [0.717, 1.165) is 88.9 Å². The number of nitrogens with zero attached hydrogens (tertiary/aromatic N) is 3. The highest BCUT2D eigenvalue weighted by Gasteiger charge is 2.45. The third-order valence-corrected chi connectivity index (χ3v) is 7.47. The standard InChI is InChI=1S/C22H33N3O4/c26-20(18-5-13-28-14-6-18)25-9-7-22(8-10-25,15-16-1-2-16)21-23-19(29-24-21)17-3-11-27-12-4-17/h16-18H,1-15H2. The van der Waals surface area contributed by atoms with Crippen molar-refractivity contribution in [3.8, 4) is 0 Å². The second-order valence-electron chi connectivity index (χ2n) is 9.48. The number of rotatable bonds is 5. The van der Waals surface area contributed by atoms with Gasteiger partial charge in [-0.3, -0.25) is 4.79 Å². The van der Waals surface area contributed by atoms with Crippen LogP contribution >= 0.6 is 0 Å². The van der Waals surface area contributed by atoms with Gasteiger partial charge in [-0.15, -0.1) is 0 Å². The molecule has 0 spiro atoms. The van der Waals surface area contributed by atoms with Crippen LogP contribution in [0, 0.1) is 11.8 Å². The monoisotopic (exact) mass is 403 g/mol. The fraction of sp³-hybridized carbons (Fsp3) is 0.864. The van der Waals surface area contributed by atoms with E-state index >= 15 is 0 Å². The molecule has 4 heterocycles. The van der Waals surface area contributed by atoms with Crippen molar-refractivity contribution in [1.82, 2.24) is 15.0 Å². The first kappa shape index (κ1) is 19.5. The summed E-state index contributed by atoms with van der Waals surface area (Å²) in [5.41, 5.74) is -0.0272. The Hall–Kier alpha value is -1.47. The Bertz CT molecular complexity index is 697. The normalized spacial score (nSPS) is 26.6. The minimum Gasteiger partial charge on any atom is -0.381 e. The molecule has 0 bridgehead atoms. The van der Waals surface area contributed by atoms with Gasteiger partial charge in [-0.25, -0.2) is 0 Å². The number of hydrogen-bond acceptors (Lipinski definition) is 6. The highest BCUT2D eigenvalue weighted by Crippen LogP contribution is 2.47. The second kappa shape index (κ2) is 8.34. The second-order valence-corrected chi connectivity index (χ2v) is 9.48. The van der Waals surface area contributed by atoms with Gasteiger partial charge >= 0.3 is 0 Å². The summed E-state index contributed by atoms with van der Waals surface area (Å²) in [6.45, 7) is 4.60. The van der Waals surface area contributed by atoms with Crippen molar-refractivity contribution in [2.75, 3.05) is 39.5 Å². The molecule has 3 aliphatic heterocycles. The highest BCUT2D eigenvalue weighted by molar-refractivity contribution is 5.79. The van der Waals surface area contributed by atoms with E-state index in [1.807, 2.05) is 0 Å². The first-order valence-electron chi connectivity index (χ1n) is 11.5. The first-order chi connectivity index (χ1) is 14.2. The van der Waals surface area contributed by atoms with Crippen molar-refractivity contribution >= 4 is 5.91 Å². The van der Waals surface area contributed by atoms with Crippen LogP contribution < -0.4 is 0 Å². The van der Waals surface area contributed by atoms with Gasteiger partial charge < -0.3 is 18.9 Å².